The fourth-order valence-corrected chi connectivity index (χ4v) is 6.85. The molecule has 3 aliphatic rings. The van der Waals surface area contributed by atoms with Crippen LogP contribution in [0.2, 0.25) is 5.02 Å². The van der Waals surface area contributed by atoms with Gasteiger partial charge in [0.15, 0.2) is 0 Å². The summed E-state index contributed by atoms with van der Waals surface area (Å²) >= 11 is 6.03. The van der Waals surface area contributed by atoms with Crippen molar-refractivity contribution in [1.29, 1.82) is 0 Å². The smallest absolute Gasteiger partial charge is 0.410 e. The van der Waals surface area contributed by atoms with Crippen LogP contribution < -0.4 is 5.32 Å². The number of aryl methyl sites for hydroxylation is 4. The fourth-order valence-electron chi connectivity index (χ4n) is 6.65. The molecule has 1 unspecified atom stereocenters. The number of carbonyl (C=O) groups is 2. The lowest BCUT2D eigenvalue weighted by Gasteiger charge is -2.34. The van der Waals surface area contributed by atoms with Crippen LogP contribution in [-0.2, 0) is 41.9 Å². The number of imidazole rings is 1. The van der Waals surface area contributed by atoms with Gasteiger partial charge in [-0.25, -0.2) is 9.78 Å². The third-order valence-electron chi connectivity index (χ3n) is 9.48. The van der Waals surface area contributed by atoms with Crippen molar-refractivity contribution < 1.29 is 14.3 Å². The summed E-state index contributed by atoms with van der Waals surface area (Å²) in [5.74, 6) is 0. The number of pyridine rings is 1. The van der Waals surface area contributed by atoms with E-state index in [2.05, 4.69) is 50.4 Å². The molecule has 0 spiro atoms. The number of nitrogens with zero attached hydrogens (tertiary/aromatic N) is 7. The van der Waals surface area contributed by atoms with E-state index >= 15 is 0 Å². The number of hydrogen-bond donors (Lipinski definition) is 1. The Morgan fingerprint density at radius 2 is 1.90 bits per heavy atom. The van der Waals surface area contributed by atoms with Crippen LogP contribution in [-0.4, -0.2) is 85.1 Å². The Kier molecular flexibility index (Phi) is 14.8. The van der Waals surface area contributed by atoms with Gasteiger partial charge in [-0.1, -0.05) is 30.2 Å². The monoisotopic (exact) mass is 714 g/mol. The second kappa shape index (κ2) is 19.9. The van der Waals surface area contributed by atoms with Crippen LogP contribution in [0.5, 0.6) is 0 Å². The highest BCUT2D eigenvalue weighted by Crippen LogP contribution is 2.25. The molecule has 4 aromatic rings. The number of nitrogens with one attached hydrogen (secondary N) is 1. The van der Waals surface area contributed by atoms with Crippen molar-refractivity contribution in [3.63, 3.8) is 0 Å². The molecule has 0 bridgehead atoms. The summed E-state index contributed by atoms with van der Waals surface area (Å²) in [7, 11) is 0. The predicted octanol–water partition coefficient (Wildman–Crippen LogP) is 6.20. The van der Waals surface area contributed by atoms with Gasteiger partial charge < -0.3 is 24.4 Å². The minimum atomic E-state index is -0.110. The summed E-state index contributed by atoms with van der Waals surface area (Å²) in [6.07, 6.45) is 21.3. The number of piperazine rings is 1. The molecule has 7 rings (SSSR count). The van der Waals surface area contributed by atoms with Crippen molar-refractivity contribution in [1.82, 2.24) is 39.6 Å². The van der Waals surface area contributed by atoms with E-state index in [4.69, 9.17) is 16.3 Å². The van der Waals surface area contributed by atoms with E-state index in [1.807, 2.05) is 47.2 Å². The zero-order valence-corrected chi connectivity index (χ0v) is 30.7. The summed E-state index contributed by atoms with van der Waals surface area (Å²) in [5, 5.41) is 4.10. The molecular formula is C39H51ClN8O3. The molecule has 2 amide bonds. The van der Waals surface area contributed by atoms with Gasteiger partial charge in [0.1, 0.15) is 6.10 Å². The number of carbonyl (C=O) groups excluding carboxylic acids is 2. The maximum Gasteiger partial charge on any atom is 0.410 e. The Balaban J connectivity index is 0.000000149. The predicted molar refractivity (Wildman–Crippen MR) is 198 cm³/mol. The van der Waals surface area contributed by atoms with Gasteiger partial charge in [-0.2, -0.15) is 0 Å². The molecule has 272 valence electrons. The molecule has 12 heteroatoms. The fraction of sp³-hybridized carbons (Fsp3) is 0.487. The number of rotatable bonds is 8. The minimum absolute atomic E-state index is 0.110. The quantitative estimate of drug-likeness (QED) is 0.214. The van der Waals surface area contributed by atoms with Crippen LogP contribution >= 0.6 is 11.6 Å². The first kappa shape index (κ1) is 37.9. The molecule has 51 heavy (non-hydrogen) atoms. The molecule has 3 aromatic heterocycles. The SMILES string of the molecule is CC1CNCCN1C(=O)OC1CCCCC1.Cc1cn(CCCN(C=O)Cc2cnccn2)cn1.Clc1ccc2c(c1)CCc1cccnc1C2. The number of aromatic nitrogens is 5. The lowest BCUT2D eigenvalue weighted by Crippen LogP contribution is -2.52. The van der Waals surface area contributed by atoms with Crippen molar-refractivity contribution in [2.45, 2.75) is 96.9 Å². The van der Waals surface area contributed by atoms with E-state index < -0.39 is 0 Å². The largest absolute Gasteiger partial charge is 0.446 e. The Labute approximate surface area is 306 Å². The highest BCUT2D eigenvalue weighted by Gasteiger charge is 2.27. The second-order valence-corrected chi connectivity index (χ2v) is 13.9. The second-order valence-electron chi connectivity index (χ2n) is 13.5. The standard InChI is InChI=1S/C14H12ClN.C13H17N5O.C12H22N2O2/c15-13-6-5-12-9-14-10(2-1-7-16-14)3-4-11(12)8-13;1-12-8-17(10-16-12)5-2-6-18(11-19)9-13-7-14-3-4-15-13;1-10-9-13-7-8-14(10)12(15)16-11-5-3-2-4-6-11/h1-2,5-8H,3-4,9H2;3-4,7-8,10-11H,2,5-6,9H2,1H3;10-11,13H,2-9H2,1H3. The number of amides is 2. The van der Waals surface area contributed by atoms with Crippen LogP contribution in [0.4, 0.5) is 4.79 Å². The van der Waals surface area contributed by atoms with E-state index in [-0.39, 0.29) is 18.2 Å². The summed E-state index contributed by atoms with van der Waals surface area (Å²) in [6.45, 7) is 8.59. The van der Waals surface area contributed by atoms with E-state index in [1.54, 1.807) is 23.5 Å². The lowest BCUT2D eigenvalue weighted by molar-refractivity contribution is -0.118. The molecule has 1 aliphatic heterocycles. The van der Waals surface area contributed by atoms with Gasteiger partial charge in [0, 0.05) is 80.7 Å². The van der Waals surface area contributed by atoms with E-state index in [1.165, 1.54) is 41.6 Å². The first-order valence-electron chi connectivity index (χ1n) is 18.2. The topological polar surface area (TPSA) is 118 Å². The van der Waals surface area contributed by atoms with Crippen LogP contribution in [0.1, 0.15) is 79.2 Å². The molecule has 1 saturated carbocycles. The first-order valence-corrected chi connectivity index (χ1v) is 18.6. The van der Waals surface area contributed by atoms with Gasteiger partial charge >= 0.3 is 6.09 Å². The third-order valence-corrected chi connectivity index (χ3v) is 9.72. The average Bonchev–Trinajstić information content (AvgIpc) is 3.48. The maximum atomic E-state index is 12.0. The van der Waals surface area contributed by atoms with Crippen LogP contribution in [0.3, 0.4) is 0 Å². The highest BCUT2D eigenvalue weighted by molar-refractivity contribution is 6.30. The Morgan fingerprint density at radius 1 is 1.06 bits per heavy atom. The van der Waals surface area contributed by atoms with Crippen molar-refractivity contribution in [2.75, 3.05) is 26.2 Å². The average molecular weight is 715 g/mol. The van der Waals surface area contributed by atoms with Gasteiger partial charge in [0.2, 0.25) is 6.41 Å². The van der Waals surface area contributed by atoms with E-state index in [0.717, 1.165) is 87.5 Å². The minimum Gasteiger partial charge on any atom is -0.446 e. The lowest BCUT2D eigenvalue weighted by atomic mass is 9.98. The van der Waals surface area contributed by atoms with E-state index in [9.17, 15) is 9.59 Å². The molecule has 2 aliphatic carbocycles. The number of fused-ring (bicyclic) bond motifs is 2. The summed E-state index contributed by atoms with van der Waals surface area (Å²) in [4.78, 5) is 43.3. The van der Waals surface area contributed by atoms with Crippen molar-refractivity contribution in [3.05, 3.63) is 106 Å². The van der Waals surface area contributed by atoms with Gasteiger partial charge in [0.05, 0.1) is 30.5 Å². The molecule has 0 radical (unpaired) electrons. The van der Waals surface area contributed by atoms with Crippen LogP contribution in [0.25, 0.3) is 0 Å². The highest BCUT2D eigenvalue weighted by atomic mass is 35.5. The molecule has 1 saturated heterocycles. The van der Waals surface area contributed by atoms with Crippen molar-refractivity contribution >= 4 is 24.1 Å². The molecule has 1 N–H and O–H groups in total. The maximum absolute atomic E-state index is 12.0. The summed E-state index contributed by atoms with van der Waals surface area (Å²) in [5.41, 5.74) is 7.12. The zero-order valence-electron chi connectivity index (χ0n) is 29.9. The van der Waals surface area contributed by atoms with Crippen molar-refractivity contribution in [2.24, 2.45) is 0 Å². The number of ether oxygens (including phenoxy) is 1. The van der Waals surface area contributed by atoms with Crippen LogP contribution in [0, 0.1) is 6.92 Å². The van der Waals surface area contributed by atoms with Gasteiger partial charge in [-0.15, -0.1) is 0 Å². The molecule has 1 atom stereocenters. The number of hydrogen-bond acceptors (Lipinski definition) is 8. The van der Waals surface area contributed by atoms with Gasteiger partial charge in [-0.3, -0.25) is 19.7 Å². The Bertz CT molecular complexity index is 1660. The molecule has 11 nitrogen and oxygen atoms in total. The van der Waals surface area contributed by atoms with Crippen LogP contribution in [0.15, 0.2) is 67.6 Å². The molecule has 2 fully saturated rings. The van der Waals surface area contributed by atoms with Gasteiger partial charge in [0.25, 0.3) is 0 Å². The summed E-state index contributed by atoms with van der Waals surface area (Å²) in [6, 6.07) is 10.6. The Hall–Kier alpha value is -4.35. The van der Waals surface area contributed by atoms with E-state index in [0.29, 0.717) is 13.1 Å². The first-order chi connectivity index (χ1) is 24.9. The van der Waals surface area contributed by atoms with Gasteiger partial charge in [-0.05, 0) is 93.7 Å². The number of halogens is 1. The molecule has 1 aromatic carbocycles. The molecule has 4 heterocycles. The summed E-state index contributed by atoms with van der Waals surface area (Å²) < 4.78 is 7.59. The Morgan fingerprint density at radius 3 is 2.65 bits per heavy atom. The zero-order chi connectivity index (χ0) is 35.8. The third kappa shape index (κ3) is 12.1. The number of benzene rings is 1. The molecular weight excluding hydrogens is 664 g/mol. The normalized spacial score (nSPS) is 16.9. The van der Waals surface area contributed by atoms with Crippen molar-refractivity contribution in [3.8, 4) is 0 Å².